The lowest BCUT2D eigenvalue weighted by molar-refractivity contribution is -0.119. The monoisotopic (exact) mass is 378 g/mol. The number of benzene rings is 1. The van der Waals surface area contributed by atoms with Crippen LogP contribution in [0, 0.1) is 25.7 Å². The van der Waals surface area contributed by atoms with Crippen LogP contribution in [0.25, 0.3) is 6.08 Å². The van der Waals surface area contributed by atoms with Gasteiger partial charge in [-0.05, 0) is 80.9 Å². The highest BCUT2D eigenvalue weighted by atomic mass is 16.5. The molecule has 1 heterocycles. The molecule has 0 radical (unpaired) electrons. The summed E-state index contributed by atoms with van der Waals surface area (Å²) in [6, 6.07) is 8.27. The molecule has 4 rings (SSSR count). The molecule has 1 aromatic carbocycles. The fraction of sp³-hybridized carbons (Fsp3) is 0.500. The van der Waals surface area contributed by atoms with E-state index in [9.17, 15) is 4.79 Å². The van der Waals surface area contributed by atoms with Crippen LogP contribution in [0.15, 0.2) is 29.8 Å². The van der Waals surface area contributed by atoms with Crippen molar-refractivity contribution in [3.63, 3.8) is 0 Å². The van der Waals surface area contributed by atoms with Crippen LogP contribution in [-0.2, 0) is 11.3 Å². The molecular weight excluding hydrogens is 348 g/mol. The number of methoxy groups -OCH3 is 1. The van der Waals surface area contributed by atoms with Gasteiger partial charge in [-0.3, -0.25) is 9.48 Å². The number of ether oxygens (including phenoxy) is 1. The zero-order valence-electron chi connectivity index (χ0n) is 17.2. The maximum Gasteiger partial charge on any atom is 0.162 e. The predicted molar refractivity (Wildman–Crippen MR) is 111 cm³/mol. The molecule has 0 saturated heterocycles. The lowest BCUT2D eigenvalue weighted by atomic mass is 9.88. The molecule has 0 N–H and O–H groups in total. The van der Waals surface area contributed by atoms with E-state index in [0.29, 0.717) is 18.2 Å². The second-order valence-electron chi connectivity index (χ2n) is 8.38. The summed E-state index contributed by atoms with van der Waals surface area (Å²) in [5, 5.41) is 4.57. The molecule has 0 bridgehead atoms. The summed E-state index contributed by atoms with van der Waals surface area (Å²) < 4.78 is 7.57. The highest BCUT2D eigenvalue weighted by molar-refractivity contribution is 6.03. The average molecular weight is 379 g/mol. The number of hydrogen-bond acceptors (Lipinski definition) is 3. The third-order valence-electron chi connectivity index (χ3n) is 6.42. The second-order valence-corrected chi connectivity index (χ2v) is 8.38. The molecule has 2 fully saturated rings. The van der Waals surface area contributed by atoms with E-state index in [2.05, 4.69) is 30.2 Å². The van der Waals surface area contributed by atoms with Crippen LogP contribution in [0.5, 0.6) is 5.75 Å². The first-order valence-electron chi connectivity index (χ1n) is 10.5. The number of rotatable bonds is 5. The lowest BCUT2D eigenvalue weighted by Gasteiger charge is -2.15. The maximum absolute atomic E-state index is 12.9. The summed E-state index contributed by atoms with van der Waals surface area (Å²) in [4.78, 5) is 12.9. The van der Waals surface area contributed by atoms with Gasteiger partial charge in [0.25, 0.3) is 0 Å². The van der Waals surface area contributed by atoms with E-state index in [1.54, 1.807) is 7.11 Å². The van der Waals surface area contributed by atoms with E-state index < -0.39 is 0 Å². The first-order chi connectivity index (χ1) is 13.5. The van der Waals surface area contributed by atoms with Crippen molar-refractivity contribution >= 4 is 11.9 Å². The molecule has 0 unspecified atom stereocenters. The van der Waals surface area contributed by atoms with Gasteiger partial charge in [0.1, 0.15) is 5.75 Å². The molecule has 0 aliphatic heterocycles. The van der Waals surface area contributed by atoms with Gasteiger partial charge in [0.15, 0.2) is 5.78 Å². The third kappa shape index (κ3) is 3.78. The van der Waals surface area contributed by atoms with E-state index in [1.165, 1.54) is 25.7 Å². The number of carbonyl (C=O) groups is 1. The highest BCUT2D eigenvalue weighted by Gasteiger charge is 2.36. The van der Waals surface area contributed by atoms with E-state index >= 15 is 0 Å². The third-order valence-corrected chi connectivity index (χ3v) is 6.42. The Hall–Kier alpha value is -2.36. The fourth-order valence-electron chi connectivity index (χ4n) is 4.97. The first kappa shape index (κ1) is 19.0. The average Bonchev–Trinajstić information content (AvgIpc) is 3.38. The van der Waals surface area contributed by atoms with Crippen LogP contribution >= 0.6 is 0 Å². The van der Waals surface area contributed by atoms with Crippen molar-refractivity contribution in [2.24, 2.45) is 11.8 Å². The van der Waals surface area contributed by atoms with Crippen LogP contribution in [0.2, 0.25) is 0 Å². The molecule has 4 nitrogen and oxygen atoms in total. The Morgan fingerprint density at radius 1 is 1.18 bits per heavy atom. The van der Waals surface area contributed by atoms with Gasteiger partial charge in [-0.25, -0.2) is 0 Å². The molecule has 2 aromatic rings. The largest absolute Gasteiger partial charge is 0.496 e. The predicted octanol–water partition coefficient (Wildman–Crippen LogP) is 5.11. The minimum Gasteiger partial charge on any atom is -0.496 e. The van der Waals surface area contributed by atoms with Crippen molar-refractivity contribution in [3.8, 4) is 5.75 Å². The summed E-state index contributed by atoms with van der Waals surface area (Å²) in [6.45, 7) is 4.74. The summed E-state index contributed by atoms with van der Waals surface area (Å²) in [5.41, 5.74) is 5.31. The Kier molecular flexibility index (Phi) is 5.38. The van der Waals surface area contributed by atoms with Crippen LogP contribution in [0.1, 0.15) is 61.0 Å². The van der Waals surface area contributed by atoms with E-state index in [-0.39, 0.29) is 5.92 Å². The zero-order chi connectivity index (χ0) is 19.7. The maximum atomic E-state index is 12.9. The molecule has 0 spiro atoms. The first-order valence-corrected chi connectivity index (χ1v) is 10.5. The Balaban J connectivity index is 1.57. The highest BCUT2D eigenvalue weighted by Crippen LogP contribution is 2.41. The van der Waals surface area contributed by atoms with E-state index in [4.69, 9.17) is 4.74 Å². The fourth-order valence-corrected chi connectivity index (χ4v) is 4.97. The van der Waals surface area contributed by atoms with Gasteiger partial charge in [0.2, 0.25) is 0 Å². The molecule has 148 valence electrons. The van der Waals surface area contributed by atoms with Crippen molar-refractivity contribution in [2.75, 3.05) is 7.11 Å². The number of allylic oxidation sites excluding steroid dienone is 1. The summed E-state index contributed by atoms with van der Waals surface area (Å²) in [5.74, 6) is 2.14. The molecule has 2 aliphatic rings. The SMILES string of the molecule is COc1ccc(/C=C2\CC[C@@H](C3CCCC3)C2=O)cc1Cn1nc(C)cc1C. The number of hydrogen-bond donors (Lipinski definition) is 0. The second kappa shape index (κ2) is 7.94. The molecular formula is C24H30N2O2. The normalized spacial score (nSPS) is 21.8. The van der Waals surface area contributed by atoms with Gasteiger partial charge in [-0.2, -0.15) is 5.10 Å². The van der Waals surface area contributed by atoms with Gasteiger partial charge in [0.05, 0.1) is 19.3 Å². The van der Waals surface area contributed by atoms with Crippen LogP contribution in [-0.4, -0.2) is 22.7 Å². The molecule has 2 saturated carbocycles. The van der Waals surface area contributed by atoms with Crippen LogP contribution in [0.3, 0.4) is 0 Å². The molecule has 1 aromatic heterocycles. The molecule has 0 amide bonds. The lowest BCUT2D eigenvalue weighted by Crippen LogP contribution is -2.16. The minimum absolute atomic E-state index is 0.265. The molecule has 2 aliphatic carbocycles. The molecule has 4 heteroatoms. The van der Waals surface area contributed by atoms with Crippen LogP contribution in [0.4, 0.5) is 0 Å². The number of aryl methyl sites for hydroxylation is 2. The summed E-state index contributed by atoms with van der Waals surface area (Å²) in [7, 11) is 1.70. The summed E-state index contributed by atoms with van der Waals surface area (Å²) >= 11 is 0. The van der Waals surface area contributed by atoms with Crippen molar-refractivity contribution in [3.05, 3.63) is 52.4 Å². The molecule has 28 heavy (non-hydrogen) atoms. The van der Waals surface area contributed by atoms with Gasteiger partial charge in [-0.15, -0.1) is 0 Å². The Bertz CT molecular complexity index is 903. The Labute approximate surface area is 167 Å². The topological polar surface area (TPSA) is 44.1 Å². The van der Waals surface area contributed by atoms with E-state index in [0.717, 1.165) is 46.7 Å². The number of Topliss-reactive ketones (excluding diaryl/α,β-unsaturated/α-hetero) is 1. The van der Waals surface area contributed by atoms with E-state index in [1.807, 2.05) is 23.7 Å². The quantitative estimate of drug-likeness (QED) is 0.679. The van der Waals surface area contributed by atoms with Crippen molar-refractivity contribution < 1.29 is 9.53 Å². The summed E-state index contributed by atoms with van der Waals surface area (Å²) in [6.07, 6.45) is 9.10. The standard InChI is InChI=1S/C24H30N2O2/c1-16-12-17(2)26(25-16)15-21-14-18(8-11-23(21)28-3)13-20-9-10-22(24(20)27)19-6-4-5-7-19/h8,11-14,19,22H,4-7,9-10,15H2,1-3H3/b20-13+/t22-/m0/s1. The van der Waals surface area contributed by atoms with Gasteiger partial charge in [0, 0.05) is 17.2 Å². The smallest absolute Gasteiger partial charge is 0.162 e. The zero-order valence-corrected chi connectivity index (χ0v) is 17.2. The van der Waals surface area contributed by atoms with Gasteiger partial charge in [-0.1, -0.05) is 18.9 Å². The number of aromatic nitrogens is 2. The number of ketones is 1. The van der Waals surface area contributed by atoms with Crippen LogP contribution < -0.4 is 4.74 Å². The number of nitrogens with zero attached hydrogens (tertiary/aromatic N) is 2. The van der Waals surface area contributed by atoms with Crippen molar-refractivity contribution in [2.45, 2.75) is 58.9 Å². The molecule has 1 atom stereocenters. The Morgan fingerprint density at radius 3 is 2.64 bits per heavy atom. The Morgan fingerprint density at radius 2 is 1.96 bits per heavy atom. The van der Waals surface area contributed by atoms with Gasteiger partial charge >= 0.3 is 0 Å². The number of carbonyl (C=O) groups excluding carboxylic acids is 1. The minimum atomic E-state index is 0.265. The van der Waals surface area contributed by atoms with Crippen molar-refractivity contribution in [1.29, 1.82) is 0 Å². The van der Waals surface area contributed by atoms with Crippen molar-refractivity contribution in [1.82, 2.24) is 9.78 Å². The van der Waals surface area contributed by atoms with Gasteiger partial charge < -0.3 is 4.74 Å².